The van der Waals surface area contributed by atoms with Crippen LogP contribution in [0.25, 0.3) is 11.6 Å². The number of hydrogen-bond acceptors (Lipinski definition) is 6. The summed E-state index contributed by atoms with van der Waals surface area (Å²) in [4.78, 5) is 29.6. The van der Waals surface area contributed by atoms with Crippen molar-refractivity contribution in [3.63, 3.8) is 0 Å². The number of rotatable bonds is 9. The van der Waals surface area contributed by atoms with Crippen molar-refractivity contribution in [1.29, 1.82) is 0 Å². The fourth-order valence-corrected chi connectivity index (χ4v) is 7.70. The number of thiophene rings is 1. The minimum absolute atomic E-state index is 0.0763. The summed E-state index contributed by atoms with van der Waals surface area (Å²) < 4.78 is 12.9. The van der Waals surface area contributed by atoms with Gasteiger partial charge in [-0.2, -0.15) is 0 Å². The van der Waals surface area contributed by atoms with Crippen molar-refractivity contribution in [3.05, 3.63) is 97.7 Å². The van der Waals surface area contributed by atoms with Gasteiger partial charge >= 0.3 is 0 Å². The van der Waals surface area contributed by atoms with E-state index in [9.17, 15) is 14.7 Å². The molecule has 2 aliphatic heterocycles. The molecule has 2 amide bonds. The van der Waals surface area contributed by atoms with Gasteiger partial charge in [0.25, 0.3) is 0 Å². The Labute approximate surface area is 252 Å². The van der Waals surface area contributed by atoms with Crippen LogP contribution in [-0.4, -0.2) is 48.2 Å². The van der Waals surface area contributed by atoms with Gasteiger partial charge in [0.2, 0.25) is 11.8 Å². The number of methoxy groups -OCH3 is 1. The summed E-state index contributed by atoms with van der Waals surface area (Å²) in [5.41, 5.74) is 5.14. The zero-order chi connectivity index (χ0) is 28.5. The average Bonchev–Trinajstić information content (AvgIpc) is 3.70. The van der Waals surface area contributed by atoms with Gasteiger partial charge in [0, 0.05) is 27.9 Å². The molecule has 8 heteroatoms. The number of likely N-dealkylation sites (tertiary alicyclic amines) is 1. The summed E-state index contributed by atoms with van der Waals surface area (Å²) in [6.45, 7) is 1.19. The molecule has 2 saturated heterocycles. The van der Waals surface area contributed by atoms with Crippen molar-refractivity contribution in [1.82, 2.24) is 4.90 Å². The molecule has 1 N–H and O–H groups in total. The van der Waals surface area contributed by atoms with Gasteiger partial charge in [-0.05, 0) is 77.3 Å². The number of benzene rings is 2. The Hall–Kier alpha value is -3.04. The SMILES string of the molecule is COCC1=C2[C@@H](CC/C(=C/c3cc(Br)ccc3O)c3ccccc3)OC[C@@H]2[C@@H]2C(=O)N(Cc3cccs3)C(=O)[C@@H]2C1. The molecule has 2 fully saturated rings. The van der Waals surface area contributed by atoms with Crippen molar-refractivity contribution in [2.45, 2.75) is 31.9 Å². The fraction of sp³-hybridized carbons (Fsp3) is 0.333. The molecule has 0 bridgehead atoms. The van der Waals surface area contributed by atoms with E-state index in [1.807, 2.05) is 53.9 Å². The first kappa shape index (κ1) is 28.1. The summed E-state index contributed by atoms with van der Waals surface area (Å²) >= 11 is 5.07. The van der Waals surface area contributed by atoms with E-state index in [4.69, 9.17) is 9.47 Å². The predicted molar refractivity (Wildman–Crippen MR) is 163 cm³/mol. The number of halogens is 1. The summed E-state index contributed by atoms with van der Waals surface area (Å²) in [6, 6.07) is 19.5. The minimum Gasteiger partial charge on any atom is -0.507 e. The van der Waals surface area contributed by atoms with Crippen LogP contribution >= 0.6 is 27.3 Å². The van der Waals surface area contributed by atoms with Gasteiger partial charge in [-0.1, -0.05) is 52.3 Å². The Kier molecular flexibility index (Phi) is 8.26. The van der Waals surface area contributed by atoms with E-state index in [-0.39, 0.29) is 41.4 Å². The van der Waals surface area contributed by atoms with Gasteiger partial charge in [-0.15, -0.1) is 11.3 Å². The smallest absolute Gasteiger partial charge is 0.234 e. The van der Waals surface area contributed by atoms with E-state index in [1.165, 1.54) is 4.90 Å². The molecule has 6 nitrogen and oxygen atoms in total. The molecule has 1 aliphatic carbocycles. The van der Waals surface area contributed by atoms with E-state index in [0.717, 1.165) is 37.2 Å². The number of imide groups is 1. The molecule has 3 aromatic rings. The lowest BCUT2D eigenvalue weighted by molar-refractivity contribution is -0.140. The highest BCUT2D eigenvalue weighted by molar-refractivity contribution is 9.10. The highest BCUT2D eigenvalue weighted by Gasteiger charge is 2.56. The first-order chi connectivity index (χ1) is 19.9. The van der Waals surface area contributed by atoms with E-state index < -0.39 is 0 Å². The van der Waals surface area contributed by atoms with Crippen molar-refractivity contribution < 1.29 is 24.2 Å². The van der Waals surface area contributed by atoms with E-state index in [1.54, 1.807) is 24.5 Å². The van der Waals surface area contributed by atoms with Gasteiger partial charge in [-0.25, -0.2) is 0 Å². The predicted octanol–water partition coefficient (Wildman–Crippen LogP) is 6.70. The van der Waals surface area contributed by atoms with Crippen LogP contribution in [0, 0.1) is 17.8 Å². The van der Waals surface area contributed by atoms with Gasteiger partial charge < -0.3 is 14.6 Å². The second-order valence-corrected chi connectivity index (χ2v) is 12.8. The molecule has 0 radical (unpaired) electrons. The highest BCUT2D eigenvalue weighted by Crippen LogP contribution is 2.50. The molecule has 4 atom stereocenters. The number of allylic oxidation sites excluding steroid dienone is 1. The van der Waals surface area contributed by atoms with Crippen molar-refractivity contribution >= 4 is 50.7 Å². The van der Waals surface area contributed by atoms with Gasteiger partial charge in [0.05, 0.1) is 37.7 Å². The molecule has 0 spiro atoms. The second kappa shape index (κ2) is 12.1. The van der Waals surface area contributed by atoms with Crippen LogP contribution in [0.4, 0.5) is 0 Å². The Morgan fingerprint density at radius 3 is 2.71 bits per heavy atom. The largest absolute Gasteiger partial charge is 0.507 e. The quantitative estimate of drug-likeness (QED) is 0.161. The van der Waals surface area contributed by atoms with E-state index in [2.05, 4.69) is 28.1 Å². The lowest BCUT2D eigenvalue weighted by Crippen LogP contribution is -2.35. The maximum Gasteiger partial charge on any atom is 0.234 e. The molecular weight excluding hydrogens is 602 g/mol. The standard InChI is InChI=1S/C33H32BrNO5S/c1-39-18-23-16-26-31(33(38)35(32(26)37)17-25-8-5-13-41-25)27-19-40-29(30(23)27)12-9-21(20-6-3-2-4-7-20)14-22-15-24(34)10-11-28(22)36/h2-8,10-11,13-15,26-27,29,31,36H,9,12,16-19H2,1H3/b21-14-/t26-,27+,29-,31-/m1/s1. The molecule has 41 heavy (non-hydrogen) atoms. The third-order valence-corrected chi connectivity index (χ3v) is 9.81. The van der Waals surface area contributed by atoms with Crippen LogP contribution in [0.1, 0.15) is 35.3 Å². The fourth-order valence-electron chi connectivity index (χ4n) is 6.63. The molecule has 6 rings (SSSR count). The number of aromatic hydroxyl groups is 1. The number of fused-ring (bicyclic) bond motifs is 3. The summed E-state index contributed by atoms with van der Waals surface area (Å²) in [5, 5.41) is 12.5. The molecule has 3 aliphatic rings. The molecule has 2 aromatic carbocycles. The van der Waals surface area contributed by atoms with Gasteiger partial charge in [0.1, 0.15) is 5.75 Å². The lowest BCUT2D eigenvalue weighted by atomic mass is 9.69. The van der Waals surface area contributed by atoms with Crippen molar-refractivity contribution in [2.24, 2.45) is 17.8 Å². The number of amides is 2. The normalized spacial score (nSPS) is 24.2. The van der Waals surface area contributed by atoms with Crippen LogP contribution in [0.3, 0.4) is 0 Å². The Bertz CT molecular complexity index is 1500. The molecule has 212 valence electrons. The topological polar surface area (TPSA) is 76.1 Å². The number of carbonyl (C=O) groups excluding carboxylic acids is 2. The number of nitrogens with zero attached hydrogens (tertiary/aromatic N) is 1. The van der Waals surface area contributed by atoms with Crippen LogP contribution in [-0.2, 0) is 25.6 Å². The molecule has 1 aromatic heterocycles. The Balaban J connectivity index is 1.27. The van der Waals surface area contributed by atoms with Gasteiger partial charge in [0.15, 0.2) is 0 Å². The summed E-state index contributed by atoms with van der Waals surface area (Å²) in [5.74, 6) is -0.793. The van der Waals surface area contributed by atoms with Crippen molar-refractivity contribution in [3.8, 4) is 5.75 Å². The number of hydrogen-bond donors (Lipinski definition) is 1. The first-order valence-corrected chi connectivity index (χ1v) is 15.6. The summed E-state index contributed by atoms with van der Waals surface area (Å²) in [7, 11) is 1.67. The molecular formula is C33H32BrNO5S. The van der Waals surface area contributed by atoms with E-state index >= 15 is 0 Å². The van der Waals surface area contributed by atoms with E-state index in [0.29, 0.717) is 39.0 Å². The number of phenols is 1. The summed E-state index contributed by atoms with van der Waals surface area (Å²) in [6.07, 6.45) is 3.83. The monoisotopic (exact) mass is 633 g/mol. The number of phenolic OH excluding ortho intramolecular Hbond substituents is 1. The van der Waals surface area contributed by atoms with Crippen LogP contribution in [0.5, 0.6) is 5.75 Å². The van der Waals surface area contributed by atoms with Crippen LogP contribution < -0.4 is 0 Å². The molecule has 0 saturated carbocycles. The third-order valence-electron chi connectivity index (χ3n) is 8.45. The van der Waals surface area contributed by atoms with Crippen molar-refractivity contribution in [2.75, 3.05) is 20.3 Å². The number of ether oxygens (including phenoxy) is 2. The Morgan fingerprint density at radius 2 is 1.95 bits per heavy atom. The molecule has 0 unspecified atom stereocenters. The Morgan fingerprint density at radius 1 is 1.12 bits per heavy atom. The third kappa shape index (κ3) is 5.58. The zero-order valence-corrected chi connectivity index (χ0v) is 25.2. The van der Waals surface area contributed by atoms with Crippen LogP contribution in [0.2, 0.25) is 0 Å². The average molecular weight is 635 g/mol. The number of carbonyl (C=O) groups is 2. The highest BCUT2D eigenvalue weighted by atomic mass is 79.9. The maximum atomic E-state index is 13.7. The van der Waals surface area contributed by atoms with Crippen LogP contribution in [0.15, 0.2) is 81.7 Å². The molecule has 3 heterocycles. The zero-order valence-electron chi connectivity index (χ0n) is 22.8. The minimum atomic E-state index is -0.383. The lowest BCUT2D eigenvalue weighted by Gasteiger charge is -2.31. The second-order valence-electron chi connectivity index (χ2n) is 10.9. The first-order valence-electron chi connectivity index (χ1n) is 13.9. The maximum absolute atomic E-state index is 13.7. The van der Waals surface area contributed by atoms with Gasteiger partial charge in [-0.3, -0.25) is 14.5 Å².